The van der Waals surface area contributed by atoms with Gasteiger partial charge < -0.3 is 10.6 Å². The van der Waals surface area contributed by atoms with Crippen molar-refractivity contribution in [1.82, 2.24) is 0 Å². The van der Waals surface area contributed by atoms with Crippen molar-refractivity contribution in [2.75, 3.05) is 23.7 Å². The summed E-state index contributed by atoms with van der Waals surface area (Å²) in [5.74, 6) is -2.68. The lowest BCUT2D eigenvalue weighted by Crippen LogP contribution is -2.32. The van der Waals surface area contributed by atoms with E-state index in [0.29, 0.717) is 0 Å². The van der Waals surface area contributed by atoms with Crippen molar-refractivity contribution in [3.8, 4) is 0 Å². The second-order valence-corrected chi connectivity index (χ2v) is 3.11. The van der Waals surface area contributed by atoms with E-state index in [2.05, 4.69) is 10.6 Å². The average Bonchev–Trinajstić information content (AvgIpc) is 2.27. The molecule has 70 valence electrons. The van der Waals surface area contributed by atoms with E-state index in [1.165, 1.54) is 0 Å². The first-order valence-electron chi connectivity index (χ1n) is 4.12. The van der Waals surface area contributed by atoms with Crippen LogP contribution >= 0.6 is 0 Å². The van der Waals surface area contributed by atoms with Crippen molar-refractivity contribution in [3.63, 3.8) is 0 Å². The highest BCUT2D eigenvalue weighted by molar-refractivity contribution is 5.69. The van der Waals surface area contributed by atoms with Gasteiger partial charge >= 0.3 is 0 Å². The fourth-order valence-electron chi connectivity index (χ4n) is 1.30. The molecule has 2 nitrogen and oxygen atoms in total. The Morgan fingerprint density at radius 3 is 1.92 bits per heavy atom. The Hall–Kier alpha value is -1.32. The van der Waals surface area contributed by atoms with Crippen LogP contribution in [-0.4, -0.2) is 19.0 Å². The maximum absolute atomic E-state index is 12.9. The van der Waals surface area contributed by atoms with Gasteiger partial charge in [0.2, 0.25) is 0 Å². The fraction of sp³-hybridized carbons (Fsp3) is 0.333. The molecule has 0 fully saturated rings. The third-order valence-electron chi connectivity index (χ3n) is 2.00. The largest absolute Gasteiger partial charge is 0.377 e. The van der Waals surface area contributed by atoms with E-state index < -0.39 is 5.92 Å². The summed E-state index contributed by atoms with van der Waals surface area (Å²) in [6.45, 7) is -0.617. The topological polar surface area (TPSA) is 24.1 Å². The van der Waals surface area contributed by atoms with Gasteiger partial charge in [-0.25, -0.2) is 8.78 Å². The standard InChI is InChI=1S/C9H10F2N2/c10-9(11)5-12-7-3-1-2-4-8(7)13-6-9/h1-4,12-13H,5-6H2. The van der Waals surface area contributed by atoms with Gasteiger partial charge in [0.1, 0.15) is 0 Å². The van der Waals surface area contributed by atoms with Crippen molar-refractivity contribution in [2.45, 2.75) is 5.92 Å². The number of rotatable bonds is 0. The van der Waals surface area contributed by atoms with Crippen molar-refractivity contribution in [2.24, 2.45) is 0 Å². The van der Waals surface area contributed by atoms with Crippen LogP contribution in [0.5, 0.6) is 0 Å². The van der Waals surface area contributed by atoms with Gasteiger partial charge in [-0.2, -0.15) is 0 Å². The number of halogens is 2. The summed E-state index contributed by atoms with van der Waals surface area (Å²) in [6.07, 6.45) is 0. The predicted molar refractivity (Wildman–Crippen MR) is 48.4 cm³/mol. The minimum absolute atomic E-state index is 0.309. The molecule has 1 aromatic rings. The number of anilines is 2. The molecule has 0 unspecified atom stereocenters. The summed E-state index contributed by atoms with van der Waals surface area (Å²) in [5, 5.41) is 5.41. The number of benzene rings is 1. The highest BCUT2D eigenvalue weighted by Gasteiger charge is 2.30. The molecule has 0 radical (unpaired) electrons. The van der Waals surface area contributed by atoms with E-state index in [1.54, 1.807) is 12.1 Å². The Bertz CT molecular complexity index is 283. The van der Waals surface area contributed by atoms with E-state index in [1.807, 2.05) is 12.1 Å². The monoisotopic (exact) mass is 184 g/mol. The summed E-state index contributed by atoms with van der Waals surface area (Å²) in [4.78, 5) is 0. The molecule has 2 N–H and O–H groups in total. The number of fused-ring (bicyclic) bond motifs is 1. The Morgan fingerprint density at radius 2 is 1.46 bits per heavy atom. The van der Waals surface area contributed by atoms with Crippen LogP contribution in [0, 0.1) is 0 Å². The normalized spacial score (nSPS) is 19.2. The molecule has 0 atom stereocenters. The Kier molecular flexibility index (Phi) is 1.83. The molecule has 0 spiro atoms. The maximum atomic E-state index is 12.9. The van der Waals surface area contributed by atoms with Gasteiger partial charge in [-0.1, -0.05) is 12.1 Å². The molecule has 0 saturated carbocycles. The van der Waals surface area contributed by atoms with Crippen LogP contribution in [0.4, 0.5) is 20.2 Å². The van der Waals surface area contributed by atoms with Crippen LogP contribution in [0.25, 0.3) is 0 Å². The van der Waals surface area contributed by atoms with Crippen LogP contribution in [-0.2, 0) is 0 Å². The van der Waals surface area contributed by atoms with Crippen LogP contribution in [0.2, 0.25) is 0 Å². The number of hydrogen-bond acceptors (Lipinski definition) is 2. The molecule has 2 rings (SSSR count). The maximum Gasteiger partial charge on any atom is 0.281 e. The van der Waals surface area contributed by atoms with Gasteiger partial charge in [-0.3, -0.25) is 0 Å². The van der Waals surface area contributed by atoms with E-state index in [4.69, 9.17) is 0 Å². The molecule has 1 aliphatic heterocycles. The first-order valence-corrected chi connectivity index (χ1v) is 4.12. The molecular formula is C9H10F2N2. The third-order valence-corrected chi connectivity index (χ3v) is 2.00. The lowest BCUT2D eigenvalue weighted by molar-refractivity contribution is 0.0309. The average molecular weight is 184 g/mol. The molecule has 0 aliphatic carbocycles. The van der Waals surface area contributed by atoms with Gasteiger partial charge in [0.25, 0.3) is 5.92 Å². The van der Waals surface area contributed by atoms with E-state index in [9.17, 15) is 8.78 Å². The summed E-state index contributed by atoms with van der Waals surface area (Å²) in [7, 11) is 0. The molecule has 1 aromatic carbocycles. The van der Waals surface area contributed by atoms with Crippen molar-refractivity contribution in [1.29, 1.82) is 0 Å². The molecule has 1 aliphatic rings. The molecular weight excluding hydrogens is 174 g/mol. The number of alkyl halides is 2. The molecule has 0 bridgehead atoms. The summed E-state index contributed by atoms with van der Waals surface area (Å²) in [6, 6.07) is 7.20. The number of nitrogens with one attached hydrogen (secondary N) is 2. The van der Waals surface area contributed by atoms with Crippen LogP contribution < -0.4 is 10.6 Å². The van der Waals surface area contributed by atoms with E-state index >= 15 is 0 Å². The molecule has 1 heterocycles. The van der Waals surface area contributed by atoms with E-state index in [0.717, 1.165) is 11.4 Å². The summed E-state index contributed by atoms with van der Waals surface area (Å²) < 4.78 is 25.8. The molecule has 0 saturated heterocycles. The van der Waals surface area contributed by atoms with Gasteiger partial charge in [0, 0.05) is 0 Å². The zero-order valence-electron chi connectivity index (χ0n) is 6.98. The Labute approximate surface area is 75.0 Å². The number of para-hydroxylation sites is 2. The third kappa shape index (κ3) is 1.71. The Morgan fingerprint density at radius 1 is 1.00 bits per heavy atom. The smallest absolute Gasteiger partial charge is 0.281 e. The van der Waals surface area contributed by atoms with Crippen molar-refractivity contribution >= 4 is 11.4 Å². The Balaban J connectivity index is 2.27. The van der Waals surface area contributed by atoms with Crippen LogP contribution in [0.3, 0.4) is 0 Å². The lowest BCUT2D eigenvalue weighted by atomic mass is 10.3. The van der Waals surface area contributed by atoms with Crippen molar-refractivity contribution in [3.05, 3.63) is 24.3 Å². The zero-order valence-corrected chi connectivity index (χ0v) is 6.98. The first kappa shape index (κ1) is 8.29. The molecule has 0 aromatic heterocycles. The highest BCUT2D eigenvalue weighted by atomic mass is 19.3. The van der Waals surface area contributed by atoms with E-state index in [-0.39, 0.29) is 13.1 Å². The summed E-state index contributed by atoms with van der Waals surface area (Å²) >= 11 is 0. The summed E-state index contributed by atoms with van der Waals surface area (Å²) in [5.41, 5.74) is 1.47. The lowest BCUT2D eigenvalue weighted by Gasteiger charge is -2.12. The van der Waals surface area contributed by atoms with Crippen molar-refractivity contribution < 1.29 is 8.78 Å². The fourth-order valence-corrected chi connectivity index (χ4v) is 1.30. The van der Waals surface area contributed by atoms with Gasteiger partial charge in [0.05, 0.1) is 24.5 Å². The minimum atomic E-state index is -2.68. The highest BCUT2D eigenvalue weighted by Crippen LogP contribution is 2.27. The van der Waals surface area contributed by atoms with Gasteiger partial charge in [-0.05, 0) is 12.1 Å². The van der Waals surface area contributed by atoms with Crippen LogP contribution in [0.15, 0.2) is 24.3 Å². The molecule has 0 amide bonds. The second-order valence-electron chi connectivity index (χ2n) is 3.11. The zero-order chi connectivity index (χ0) is 9.31. The van der Waals surface area contributed by atoms with Crippen LogP contribution in [0.1, 0.15) is 0 Å². The van der Waals surface area contributed by atoms with Gasteiger partial charge in [0.15, 0.2) is 0 Å². The predicted octanol–water partition coefficient (Wildman–Crippen LogP) is 2.16. The first-order chi connectivity index (χ1) is 6.17. The second kappa shape index (κ2) is 2.87. The molecule has 13 heavy (non-hydrogen) atoms. The molecule has 4 heteroatoms. The number of hydrogen-bond donors (Lipinski definition) is 2. The SMILES string of the molecule is FC1(F)CNc2ccccc2NC1. The minimum Gasteiger partial charge on any atom is -0.377 e. The van der Waals surface area contributed by atoms with Gasteiger partial charge in [-0.15, -0.1) is 0 Å². The quantitative estimate of drug-likeness (QED) is 0.645.